The van der Waals surface area contributed by atoms with Crippen molar-refractivity contribution in [1.29, 1.82) is 0 Å². The van der Waals surface area contributed by atoms with Crippen LogP contribution in [0.2, 0.25) is 0 Å². The lowest BCUT2D eigenvalue weighted by molar-refractivity contribution is -0.141. The van der Waals surface area contributed by atoms with Crippen molar-refractivity contribution in [2.24, 2.45) is 0 Å². The molecule has 5 nitrogen and oxygen atoms in total. The monoisotopic (exact) mass is 479 g/mol. The van der Waals surface area contributed by atoms with E-state index in [0.717, 1.165) is 16.7 Å². The van der Waals surface area contributed by atoms with Crippen LogP contribution in [0, 0.1) is 13.8 Å². The summed E-state index contributed by atoms with van der Waals surface area (Å²) < 4.78 is 5.14. The number of hydrogen-bond acceptors (Lipinski definition) is 5. The van der Waals surface area contributed by atoms with Crippen LogP contribution < -0.4 is 0 Å². The summed E-state index contributed by atoms with van der Waals surface area (Å²) in [4.78, 5) is 40.9. The first-order valence-electron chi connectivity index (χ1n) is 11.9. The minimum Gasteiger partial charge on any atom is -0.464 e. The Morgan fingerprint density at radius 3 is 1.78 bits per heavy atom. The summed E-state index contributed by atoms with van der Waals surface area (Å²) in [5.74, 6) is -1.22. The molecule has 3 aromatic carbocycles. The average molecular weight is 480 g/mol. The highest BCUT2D eigenvalue weighted by atomic mass is 16.5. The summed E-state index contributed by atoms with van der Waals surface area (Å²) in [6, 6.07) is 24.1. The number of Topliss-reactive ketones (excluding diaryl/α,β-unsaturated/α-hetero) is 2. The summed E-state index contributed by atoms with van der Waals surface area (Å²) in [6.45, 7) is 5.85. The molecule has 0 fully saturated rings. The third-order valence-corrected chi connectivity index (χ3v) is 6.44. The van der Waals surface area contributed by atoms with Gasteiger partial charge in [-0.2, -0.15) is 0 Å². The molecule has 0 aromatic heterocycles. The van der Waals surface area contributed by atoms with E-state index in [-0.39, 0.29) is 24.1 Å². The number of allylic oxidation sites excluding steroid dienone is 2. The molecule has 182 valence electrons. The lowest BCUT2D eigenvalue weighted by atomic mass is 9.76. The van der Waals surface area contributed by atoms with Gasteiger partial charge in [-0.05, 0) is 30.5 Å². The number of aryl methyl sites for hydroxylation is 1. The highest BCUT2D eigenvalue weighted by Crippen LogP contribution is 2.40. The molecule has 0 saturated carbocycles. The maximum Gasteiger partial charge on any atom is 0.302 e. The smallest absolute Gasteiger partial charge is 0.302 e. The van der Waals surface area contributed by atoms with E-state index in [1.807, 2.05) is 68.4 Å². The van der Waals surface area contributed by atoms with Gasteiger partial charge in [0.1, 0.15) is 6.61 Å². The number of benzene rings is 3. The fourth-order valence-corrected chi connectivity index (χ4v) is 4.45. The van der Waals surface area contributed by atoms with Gasteiger partial charge < -0.3 is 9.64 Å². The van der Waals surface area contributed by atoms with E-state index in [9.17, 15) is 14.4 Å². The molecule has 0 N–H and O–H groups in total. The zero-order valence-electron chi connectivity index (χ0n) is 20.7. The second-order valence-corrected chi connectivity index (χ2v) is 8.86. The van der Waals surface area contributed by atoms with Gasteiger partial charge in [0.15, 0.2) is 11.6 Å². The lowest BCUT2D eigenvalue weighted by Gasteiger charge is -2.32. The molecule has 0 bridgehead atoms. The molecule has 0 atom stereocenters. The quantitative estimate of drug-likeness (QED) is 0.302. The molecule has 5 heteroatoms. The Morgan fingerprint density at radius 2 is 1.28 bits per heavy atom. The Labute approximate surface area is 211 Å². The fraction of sp³-hybridized carbons (Fsp3) is 0.194. The molecular formula is C31H29NO4. The van der Waals surface area contributed by atoms with Crippen LogP contribution >= 0.6 is 0 Å². The number of esters is 1. The maximum atomic E-state index is 13.9. The first-order chi connectivity index (χ1) is 17.4. The van der Waals surface area contributed by atoms with Gasteiger partial charge in [0.2, 0.25) is 0 Å². The largest absolute Gasteiger partial charge is 0.464 e. The van der Waals surface area contributed by atoms with Gasteiger partial charge in [0.25, 0.3) is 0 Å². The van der Waals surface area contributed by atoms with Crippen LogP contribution in [0.3, 0.4) is 0 Å². The molecule has 1 heterocycles. The van der Waals surface area contributed by atoms with Crippen molar-refractivity contribution in [3.8, 4) is 0 Å². The van der Waals surface area contributed by atoms with E-state index < -0.39 is 5.92 Å². The standard InChI is InChI=1S/C31H29NO4/c1-21-11-10-16-26(22(21)2)29-27(30(34)24-12-6-4-7-13-24)19-32(17-18-36-23(3)33)20-28(29)31(35)25-14-8-5-9-15-25/h4-16,19-20,29H,17-18H2,1-3H3. The normalized spacial score (nSPS) is 13.6. The topological polar surface area (TPSA) is 63.7 Å². The van der Waals surface area contributed by atoms with E-state index in [1.54, 1.807) is 41.6 Å². The third-order valence-electron chi connectivity index (χ3n) is 6.44. The molecule has 0 unspecified atom stereocenters. The van der Waals surface area contributed by atoms with E-state index in [4.69, 9.17) is 4.74 Å². The van der Waals surface area contributed by atoms with Gasteiger partial charge >= 0.3 is 5.97 Å². The number of rotatable bonds is 8. The minimum atomic E-state index is -0.546. The van der Waals surface area contributed by atoms with Gasteiger partial charge in [-0.25, -0.2) is 0 Å². The molecule has 4 rings (SSSR count). The summed E-state index contributed by atoms with van der Waals surface area (Å²) in [6.07, 6.45) is 3.57. The van der Waals surface area contributed by atoms with Crippen LogP contribution in [-0.4, -0.2) is 35.6 Å². The zero-order chi connectivity index (χ0) is 25.7. The Bertz CT molecular complexity index is 1270. The van der Waals surface area contributed by atoms with Crippen LogP contribution in [0.5, 0.6) is 0 Å². The molecule has 3 aromatic rings. The van der Waals surface area contributed by atoms with Crippen molar-refractivity contribution >= 4 is 17.5 Å². The average Bonchev–Trinajstić information content (AvgIpc) is 2.90. The first-order valence-corrected chi connectivity index (χ1v) is 11.9. The van der Waals surface area contributed by atoms with Crippen LogP contribution in [0.4, 0.5) is 0 Å². The molecule has 0 spiro atoms. The Kier molecular flexibility index (Phi) is 7.59. The predicted octanol–water partition coefficient (Wildman–Crippen LogP) is 5.80. The molecule has 0 amide bonds. The van der Waals surface area contributed by atoms with E-state index in [0.29, 0.717) is 28.8 Å². The summed E-state index contributed by atoms with van der Waals surface area (Å²) in [5, 5.41) is 0. The highest BCUT2D eigenvalue weighted by Gasteiger charge is 2.35. The molecule has 1 aliphatic heterocycles. The number of ketones is 2. The van der Waals surface area contributed by atoms with Gasteiger partial charge in [0.05, 0.1) is 6.54 Å². The van der Waals surface area contributed by atoms with Gasteiger partial charge in [0, 0.05) is 47.5 Å². The van der Waals surface area contributed by atoms with Crippen molar-refractivity contribution in [2.75, 3.05) is 13.2 Å². The second-order valence-electron chi connectivity index (χ2n) is 8.86. The van der Waals surface area contributed by atoms with Crippen LogP contribution in [-0.2, 0) is 9.53 Å². The molecular weight excluding hydrogens is 450 g/mol. The van der Waals surface area contributed by atoms with Crippen molar-refractivity contribution in [3.63, 3.8) is 0 Å². The molecule has 0 saturated heterocycles. The fourth-order valence-electron chi connectivity index (χ4n) is 4.45. The van der Waals surface area contributed by atoms with Crippen molar-refractivity contribution < 1.29 is 19.1 Å². The highest BCUT2D eigenvalue weighted by molar-refractivity contribution is 6.15. The van der Waals surface area contributed by atoms with Crippen LogP contribution in [0.15, 0.2) is 102 Å². The number of hydrogen-bond donors (Lipinski definition) is 0. The minimum absolute atomic E-state index is 0.135. The molecule has 36 heavy (non-hydrogen) atoms. The van der Waals surface area contributed by atoms with Gasteiger partial charge in [-0.15, -0.1) is 0 Å². The summed E-state index contributed by atoms with van der Waals surface area (Å²) in [7, 11) is 0. The number of carbonyl (C=O) groups is 3. The molecule has 1 aliphatic rings. The van der Waals surface area contributed by atoms with Crippen molar-refractivity contribution in [1.82, 2.24) is 4.90 Å². The van der Waals surface area contributed by atoms with E-state index in [1.165, 1.54) is 6.92 Å². The number of nitrogens with zero attached hydrogens (tertiary/aromatic N) is 1. The lowest BCUT2D eigenvalue weighted by Crippen LogP contribution is -2.30. The van der Waals surface area contributed by atoms with Gasteiger partial charge in [-0.3, -0.25) is 14.4 Å². The van der Waals surface area contributed by atoms with Crippen molar-refractivity contribution in [3.05, 3.63) is 130 Å². The third kappa shape index (κ3) is 5.36. The van der Waals surface area contributed by atoms with E-state index >= 15 is 0 Å². The maximum absolute atomic E-state index is 13.9. The zero-order valence-corrected chi connectivity index (χ0v) is 20.7. The van der Waals surface area contributed by atoms with Crippen LogP contribution in [0.25, 0.3) is 0 Å². The molecule has 0 radical (unpaired) electrons. The number of carbonyl (C=O) groups excluding carboxylic acids is 3. The summed E-state index contributed by atoms with van der Waals surface area (Å²) >= 11 is 0. The Hall–Kier alpha value is -4.25. The predicted molar refractivity (Wildman–Crippen MR) is 140 cm³/mol. The van der Waals surface area contributed by atoms with Gasteiger partial charge in [-0.1, -0.05) is 78.9 Å². The number of ether oxygens (including phenoxy) is 1. The van der Waals surface area contributed by atoms with Crippen molar-refractivity contribution in [2.45, 2.75) is 26.7 Å². The Balaban J connectivity index is 1.87. The van der Waals surface area contributed by atoms with E-state index in [2.05, 4.69) is 0 Å². The second kappa shape index (κ2) is 11.0. The Morgan fingerprint density at radius 1 is 0.750 bits per heavy atom. The SMILES string of the molecule is CC(=O)OCCN1C=C(C(=O)c2ccccc2)C(c2cccc(C)c2C)C(C(=O)c2ccccc2)=C1. The summed E-state index contributed by atoms with van der Waals surface area (Å²) in [5.41, 5.74) is 5.14. The molecule has 0 aliphatic carbocycles. The van der Waals surface area contributed by atoms with Crippen LogP contribution in [0.1, 0.15) is 50.2 Å². The first kappa shape index (κ1) is 24.9.